The third kappa shape index (κ3) is 6.60. The molecule has 1 unspecified atom stereocenters. The molecule has 6 nitrogen and oxygen atoms in total. The summed E-state index contributed by atoms with van der Waals surface area (Å²) in [5.41, 5.74) is 5.38. The number of phenolic OH excluding ortho intramolecular Hbond substituents is 3. The number of nitrogens with zero attached hydrogens (tertiary/aromatic N) is 2. The number of allylic oxidation sites excluding steroid dienone is 5. The zero-order valence-electron chi connectivity index (χ0n) is 23.6. The summed E-state index contributed by atoms with van der Waals surface area (Å²) in [7, 11) is 0. The van der Waals surface area contributed by atoms with Crippen molar-refractivity contribution < 1.29 is 20.1 Å². The summed E-state index contributed by atoms with van der Waals surface area (Å²) in [6.45, 7) is 12.7. The molecule has 38 heavy (non-hydrogen) atoms. The molecule has 2 aromatic rings. The van der Waals surface area contributed by atoms with Crippen molar-refractivity contribution in [3.63, 3.8) is 0 Å². The van der Waals surface area contributed by atoms with Gasteiger partial charge >= 0.3 is 0 Å². The molecule has 3 rings (SSSR count). The lowest BCUT2D eigenvalue weighted by Crippen LogP contribution is -2.30. The molecule has 0 spiro atoms. The van der Waals surface area contributed by atoms with Gasteiger partial charge in [-0.1, -0.05) is 47.9 Å². The van der Waals surface area contributed by atoms with Crippen molar-refractivity contribution in [2.45, 2.75) is 79.7 Å². The van der Waals surface area contributed by atoms with Gasteiger partial charge in [-0.05, 0) is 78.9 Å². The highest BCUT2D eigenvalue weighted by Gasteiger charge is 2.36. The van der Waals surface area contributed by atoms with Crippen LogP contribution in [0.15, 0.2) is 65.3 Å². The molecule has 0 saturated heterocycles. The highest BCUT2D eigenvalue weighted by atomic mass is 16.3. The first-order chi connectivity index (χ1) is 18.0. The Bertz CT molecular complexity index is 1250. The largest absolute Gasteiger partial charge is 0.508 e. The molecule has 204 valence electrons. The zero-order valence-corrected chi connectivity index (χ0v) is 23.6. The van der Waals surface area contributed by atoms with E-state index in [1.54, 1.807) is 23.1 Å². The van der Waals surface area contributed by atoms with E-state index in [-0.39, 0.29) is 35.7 Å². The molecule has 0 aromatic heterocycles. The highest BCUT2D eigenvalue weighted by Crippen LogP contribution is 2.51. The molecule has 1 amide bonds. The fourth-order valence-electron chi connectivity index (χ4n) is 4.76. The average Bonchev–Trinajstić information content (AvgIpc) is 2.95. The van der Waals surface area contributed by atoms with Crippen LogP contribution >= 0.6 is 0 Å². The first-order valence-corrected chi connectivity index (χ1v) is 13.5. The van der Waals surface area contributed by atoms with Crippen LogP contribution in [0.1, 0.15) is 84.0 Å². The Morgan fingerprint density at radius 3 is 2.21 bits per heavy atom. The number of aromatic hydroxyl groups is 3. The number of benzene rings is 2. The van der Waals surface area contributed by atoms with Gasteiger partial charge in [0.25, 0.3) is 5.91 Å². The molecule has 0 radical (unpaired) electrons. The van der Waals surface area contributed by atoms with E-state index in [1.807, 2.05) is 24.8 Å². The minimum atomic E-state index is -0.299. The third-order valence-corrected chi connectivity index (χ3v) is 7.09. The lowest BCUT2D eigenvalue weighted by molar-refractivity contribution is 0.0990. The highest BCUT2D eigenvalue weighted by molar-refractivity contribution is 6.15. The van der Waals surface area contributed by atoms with Crippen LogP contribution in [0.25, 0.3) is 0 Å². The van der Waals surface area contributed by atoms with E-state index in [4.69, 9.17) is 0 Å². The van der Waals surface area contributed by atoms with E-state index < -0.39 is 0 Å². The Kier molecular flexibility index (Phi) is 9.67. The van der Waals surface area contributed by atoms with E-state index in [1.165, 1.54) is 23.3 Å². The minimum Gasteiger partial charge on any atom is -0.508 e. The predicted octanol–water partition coefficient (Wildman–Crippen LogP) is 8.12. The van der Waals surface area contributed by atoms with Crippen LogP contribution in [0.3, 0.4) is 0 Å². The molecule has 1 heterocycles. The van der Waals surface area contributed by atoms with Gasteiger partial charge < -0.3 is 25.1 Å². The minimum absolute atomic E-state index is 0.0325. The van der Waals surface area contributed by atoms with Crippen LogP contribution in [0.5, 0.6) is 17.2 Å². The van der Waals surface area contributed by atoms with Crippen molar-refractivity contribution in [1.29, 1.82) is 0 Å². The van der Waals surface area contributed by atoms with Gasteiger partial charge in [0.15, 0.2) is 0 Å². The summed E-state index contributed by atoms with van der Waals surface area (Å²) in [5.74, 6) is -0.613. The number of hydrogen-bond acceptors (Lipinski definition) is 5. The van der Waals surface area contributed by atoms with E-state index in [0.29, 0.717) is 29.0 Å². The first-order valence-electron chi connectivity index (χ1n) is 13.5. The van der Waals surface area contributed by atoms with Crippen molar-refractivity contribution >= 4 is 23.0 Å². The summed E-state index contributed by atoms with van der Waals surface area (Å²) in [6, 6.07) is 7.55. The molecule has 2 aromatic carbocycles. The number of carbonyl (C=O) groups is 1. The van der Waals surface area contributed by atoms with Crippen LogP contribution in [0.4, 0.5) is 17.1 Å². The van der Waals surface area contributed by atoms with Crippen LogP contribution in [-0.2, 0) is 0 Å². The standard InChI is InChI=1S/C32H42N2O4/c1-7-24(6)34-30-26(15-10-16-28(30)36)32(38)33(27-19-25(35)20-29(37)31(27)34)18-17-23(5)14-9-13-22(4)12-8-11-21(2)3/h10-11,13,15-17,19-20,24,35-37H,7-9,12,14,18H2,1-6H3/b22-13+,23-17+. The van der Waals surface area contributed by atoms with Gasteiger partial charge in [-0.15, -0.1) is 0 Å². The van der Waals surface area contributed by atoms with Gasteiger partial charge in [-0.25, -0.2) is 0 Å². The maximum absolute atomic E-state index is 13.9. The summed E-state index contributed by atoms with van der Waals surface area (Å²) in [5, 5.41) is 32.2. The second kappa shape index (κ2) is 12.7. The molecule has 6 heteroatoms. The topological polar surface area (TPSA) is 84.2 Å². The van der Waals surface area contributed by atoms with Crippen molar-refractivity contribution in [2.24, 2.45) is 0 Å². The summed E-state index contributed by atoms with van der Waals surface area (Å²) < 4.78 is 0. The van der Waals surface area contributed by atoms with Crippen LogP contribution in [0, 0.1) is 0 Å². The van der Waals surface area contributed by atoms with E-state index in [2.05, 4.69) is 39.8 Å². The number of anilines is 3. The number of amides is 1. The molecule has 0 saturated carbocycles. The van der Waals surface area contributed by atoms with E-state index in [0.717, 1.165) is 31.3 Å². The molecule has 1 atom stereocenters. The van der Waals surface area contributed by atoms with Crippen LogP contribution in [0.2, 0.25) is 0 Å². The normalized spacial score (nSPS) is 14.6. The molecule has 1 aliphatic heterocycles. The predicted molar refractivity (Wildman–Crippen MR) is 157 cm³/mol. The average molecular weight is 519 g/mol. The van der Waals surface area contributed by atoms with Gasteiger partial charge in [-0.2, -0.15) is 0 Å². The molecule has 0 bridgehead atoms. The zero-order chi connectivity index (χ0) is 28.0. The second-order valence-corrected chi connectivity index (χ2v) is 10.5. The Morgan fingerprint density at radius 1 is 0.895 bits per heavy atom. The van der Waals surface area contributed by atoms with Gasteiger partial charge in [0.2, 0.25) is 0 Å². The third-order valence-electron chi connectivity index (χ3n) is 7.09. The number of carbonyl (C=O) groups excluding carboxylic acids is 1. The summed E-state index contributed by atoms with van der Waals surface area (Å²) in [4.78, 5) is 17.3. The summed E-state index contributed by atoms with van der Waals surface area (Å²) >= 11 is 0. The fourth-order valence-corrected chi connectivity index (χ4v) is 4.76. The molecule has 3 N–H and O–H groups in total. The Labute approximate surface area is 227 Å². The Balaban J connectivity index is 1.94. The van der Waals surface area contributed by atoms with Crippen LogP contribution in [-0.4, -0.2) is 33.8 Å². The molecule has 0 fully saturated rings. The number of fused-ring (bicyclic) bond motifs is 2. The van der Waals surface area contributed by atoms with E-state index in [9.17, 15) is 20.1 Å². The number of hydrogen-bond donors (Lipinski definition) is 3. The first kappa shape index (κ1) is 28.9. The maximum atomic E-state index is 13.9. The van der Waals surface area contributed by atoms with Crippen molar-refractivity contribution in [2.75, 3.05) is 16.3 Å². The molecular weight excluding hydrogens is 476 g/mol. The van der Waals surface area contributed by atoms with Crippen molar-refractivity contribution in [1.82, 2.24) is 0 Å². The van der Waals surface area contributed by atoms with Gasteiger partial charge in [0.05, 0.1) is 16.9 Å². The van der Waals surface area contributed by atoms with Gasteiger partial charge in [0, 0.05) is 24.7 Å². The SMILES string of the molecule is CCC(C)N1c2c(O)cccc2C(=O)N(C/C=C(\C)CC/C=C(\C)CCC=C(C)C)c2cc(O)cc(O)c21. The lowest BCUT2D eigenvalue weighted by atomic mass is 10.1. The van der Waals surface area contributed by atoms with Gasteiger partial charge in [-0.3, -0.25) is 4.79 Å². The Morgan fingerprint density at radius 2 is 1.55 bits per heavy atom. The quantitative estimate of drug-likeness (QED) is 0.277. The van der Waals surface area contributed by atoms with Gasteiger partial charge in [0.1, 0.15) is 22.9 Å². The Hall–Kier alpha value is -3.67. The van der Waals surface area contributed by atoms with Crippen molar-refractivity contribution in [3.05, 3.63) is 70.8 Å². The lowest BCUT2D eigenvalue weighted by Gasteiger charge is -2.33. The fraction of sp³-hybridized carbons (Fsp3) is 0.406. The van der Waals surface area contributed by atoms with Crippen molar-refractivity contribution in [3.8, 4) is 17.2 Å². The maximum Gasteiger partial charge on any atom is 0.260 e. The number of phenols is 3. The van der Waals surface area contributed by atoms with E-state index >= 15 is 0 Å². The second-order valence-electron chi connectivity index (χ2n) is 10.5. The summed E-state index contributed by atoms with van der Waals surface area (Å²) in [6.07, 6.45) is 11.2. The molecular formula is C32H42N2O4. The number of rotatable bonds is 10. The van der Waals surface area contributed by atoms with Crippen LogP contribution < -0.4 is 9.80 Å². The molecule has 0 aliphatic carbocycles. The smallest absolute Gasteiger partial charge is 0.260 e. The molecule has 1 aliphatic rings. The number of para-hydroxylation sites is 1. The monoisotopic (exact) mass is 518 g/mol.